The van der Waals surface area contributed by atoms with E-state index < -0.39 is 0 Å². The number of rotatable bonds is 12. The largest absolute Gasteiger partial charge is 0.370 e. The smallest absolute Gasteiger partial charge is 0.102 e. The number of ether oxygens (including phenoxy) is 1. The van der Waals surface area contributed by atoms with Gasteiger partial charge in [0.1, 0.15) is 5.94 Å². The van der Waals surface area contributed by atoms with E-state index in [0.29, 0.717) is 0 Å². The maximum Gasteiger partial charge on any atom is 0.102 e. The average Bonchev–Trinajstić information content (AvgIpc) is 2.26. The minimum Gasteiger partial charge on any atom is -0.370 e. The molecule has 0 amide bonds. The highest BCUT2D eigenvalue weighted by atomic mass is 33.1. The molecular formula is C10H24N2OS2. The molecule has 0 bridgehead atoms. The van der Waals surface area contributed by atoms with Crippen molar-refractivity contribution in [3.63, 3.8) is 0 Å². The van der Waals surface area contributed by atoms with Crippen molar-refractivity contribution in [3.05, 3.63) is 0 Å². The molecule has 0 aromatic carbocycles. The second-order valence-corrected chi connectivity index (χ2v) is 5.66. The van der Waals surface area contributed by atoms with Gasteiger partial charge in [0.25, 0.3) is 0 Å². The molecule has 3 nitrogen and oxygen atoms in total. The minimum absolute atomic E-state index is 0.816. The minimum atomic E-state index is 0.816. The molecule has 5 heteroatoms. The lowest BCUT2D eigenvalue weighted by Gasteiger charge is -2.04. The van der Waals surface area contributed by atoms with E-state index in [2.05, 4.69) is 17.6 Å². The third-order valence-electron chi connectivity index (χ3n) is 1.79. The fourth-order valence-electron chi connectivity index (χ4n) is 0.982. The van der Waals surface area contributed by atoms with E-state index >= 15 is 0 Å². The molecule has 0 unspecified atom stereocenters. The van der Waals surface area contributed by atoms with Gasteiger partial charge in [-0.3, -0.25) is 0 Å². The number of unbranched alkanes of at least 4 members (excludes halogenated alkanes) is 1. The van der Waals surface area contributed by atoms with Crippen LogP contribution in [0.25, 0.3) is 0 Å². The summed E-state index contributed by atoms with van der Waals surface area (Å²) in [5.41, 5.74) is 0. The summed E-state index contributed by atoms with van der Waals surface area (Å²) in [5.74, 6) is 1.97. The fourth-order valence-corrected chi connectivity index (χ4v) is 2.59. The number of hydrogen-bond donors (Lipinski definition) is 2. The second-order valence-electron chi connectivity index (χ2n) is 3.13. The van der Waals surface area contributed by atoms with Crippen LogP contribution in [0.2, 0.25) is 0 Å². The van der Waals surface area contributed by atoms with Gasteiger partial charge in [-0.15, -0.1) is 0 Å². The average molecular weight is 252 g/mol. The van der Waals surface area contributed by atoms with Gasteiger partial charge < -0.3 is 15.4 Å². The Morgan fingerprint density at radius 1 is 1.13 bits per heavy atom. The normalized spacial score (nSPS) is 10.8. The highest BCUT2D eigenvalue weighted by Gasteiger charge is 1.91. The maximum atomic E-state index is 5.48. The summed E-state index contributed by atoms with van der Waals surface area (Å²) < 4.78 is 5.48. The van der Waals surface area contributed by atoms with Crippen molar-refractivity contribution >= 4 is 21.6 Å². The van der Waals surface area contributed by atoms with Crippen LogP contribution in [-0.4, -0.2) is 45.0 Å². The first kappa shape index (κ1) is 15.6. The summed E-state index contributed by atoms with van der Waals surface area (Å²) in [6.07, 6.45) is 2.36. The first-order valence-corrected chi connectivity index (χ1v) is 8.08. The van der Waals surface area contributed by atoms with Gasteiger partial charge >= 0.3 is 0 Å². The lowest BCUT2D eigenvalue weighted by molar-refractivity contribution is 0.178. The fraction of sp³-hybridized carbons (Fsp3) is 1.00. The van der Waals surface area contributed by atoms with Gasteiger partial charge in [-0.05, 0) is 33.0 Å². The Kier molecular flexibility index (Phi) is 15.1. The van der Waals surface area contributed by atoms with Gasteiger partial charge in [0.2, 0.25) is 0 Å². The summed E-state index contributed by atoms with van der Waals surface area (Å²) in [5, 5.41) is 6.42. The third-order valence-corrected chi connectivity index (χ3v) is 3.88. The molecule has 0 aliphatic rings. The van der Waals surface area contributed by atoms with Gasteiger partial charge in [0, 0.05) is 18.9 Å². The molecule has 0 aliphatic heterocycles. The van der Waals surface area contributed by atoms with Crippen LogP contribution < -0.4 is 10.6 Å². The zero-order valence-electron chi connectivity index (χ0n) is 9.88. The van der Waals surface area contributed by atoms with Crippen LogP contribution in [-0.2, 0) is 4.74 Å². The molecule has 92 valence electrons. The molecule has 0 aromatic heterocycles. The van der Waals surface area contributed by atoms with E-state index in [0.717, 1.165) is 44.4 Å². The first-order chi connectivity index (χ1) is 7.41. The maximum absolute atomic E-state index is 5.48. The Labute approximate surface area is 102 Å². The van der Waals surface area contributed by atoms with Crippen molar-refractivity contribution in [1.82, 2.24) is 10.6 Å². The predicted molar refractivity (Wildman–Crippen MR) is 72.6 cm³/mol. The molecule has 0 rings (SSSR count). The SMILES string of the molecule is CCNCCSSCOCCCCNC. The first-order valence-electron chi connectivity index (χ1n) is 5.59. The van der Waals surface area contributed by atoms with E-state index in [1.54, 1.807) is 10.8 Å². The van der Waals surface area contributed by atoms with Crippen LogP contribution in [0.1, 0.15) is 19.8 Å². The predicted octanol–water partition coefficient (Wildman–Crippen LogP) is 1.95. The van der Waals surface area contributed by atoms with Crippen LogP contribution in [0.5, 0.6) is 0 Å². The van der Waals surface area contributed by atoms with Crippen molar-refractivity contribution in [2.45, 2.75) is 19.8 Å². The Bertz CT molecular complexity index is 106. The molecule has 0 aliphatic carbocycles. The van der Waals surface area contributed by atoms with Gasteiger partial charge in [0.05, 0.1) is 0 Å². The van der Waals surface area contributed by atoms with Gasteiger partial charge in [-0.25, -0.2) is 0 Å². The molecule has 0 aromatic rings. The van der Waals surface area contributed by atoms with Crippen LogP contribution in [0.15, 0.2) is 0 Å². The molecule has 0 saturated heterocycles. The third kappa shape index (κ3) is 14.6. The highest BCUT2D eigenvalue weighted by Crippen LogP contribution is 2.20. The molecule has 0 radical (unpaired) electrons. The van der Waals surface area contributed by atoms with Crippen molar-refractivity contribution in [2.75, 3.05) is 45.0 Å². The second kappa shape index (κ2) is 14.6. The van der Waals surface area contributed by atoms with Gasteiger partial charge in [-0.1, -0.05) is 28.5 Å². The Morgan fingerprint density at radius 3 is 2.73 bits per heavy atom. The van der Waals surface area contributed by atoms with Crippen molar-refractivity contribution in [2.24, 2.45) is 0 Å². The van der Waals surface area contributed by atoms with E-state index in [1.165, 1.54) is 6.42 Å². The van der Waals surface area contributed by atoms with Crippen LogP contribution in [0.3, 0.4) is 0 Å². The molecule has 15 heavy (non-hydrogen) atoms. The van der Waals surface area contributed by atoms with Crippen molar-refractivity contribution < 1.29 is 4.74 Å². The van der Waals surface area contributed by atoms with Crippen LogP contribution in [0.4, 0.5) is 0 Å². The Morgan fingerprint density at radius 2 is 2.00 bits per heavy atom. The summed E-state index contributed by atoms with van der Waals surface area (Å²) >= 11 is 0. The standard InChI is InChI=1S/C10H24N2OS2/c1-3-12-7-9-14-15-10-13-8-5-4-6-11-2/h11-12H,3-10H2,1-2H3. The lowest BCUT2D eigenvalue weighted by Crippen LogP contribution is -2.15. The van der Waals surface area contributed by atoms with Crippen LogP contribution >= 0.6 is 21.6 Å². The topological polar surface area (TPSA) is 33.3 Å². The molecule has 0 heterocycles. The highest BCUT2D eigenvalue weighted by molar-refractivity contribution is 8.76. The zero-order chi connectivity index (χ0) is 11.2. The van der Waals surface area contributed by atoms with Gasteiger partial charge in [0.15, 0.2) is 0 Å². The molecule has 0 saturated carbocycles. The number of hydrogen-bond acceptors (Lipinski definition) is 5. The van der Waals surface area contributed by atoms with Crippen molar-refractivity contribution in [3.8, 4) is 0 Å². The molecular weight excluding hydrogens is 228 g/mol. The summed E-state index contributed by atoms with van der Waals surface area (Å²) in [6, 6.07) is 0. The van der Waals surface area contributed by atoms with Crippen molar-refractivity contribution in [1.29, 1.82) is 0 Å². The quantitative estimate of drug-likeness (QED) is 0.315. The molecule has 0 atom stereocenters. The number of nitrogens with one attached hydrogen (secondary N) is 2. The van der Waals surface area contributed by atoms with Gasteiger partial charge in [-0.2, -0.15) is 0 Å². The van der Waals surface area contributed by atoms with E-state index in [-0.39, 0.29) is 0 Å². The molecule has 0 spiro atoms. The van der Waals surface area contributed by atoms with E-state index in [4.69, 9.17) is 4.74 Å². The Hall–Kier alpha value is 0.580. The lowest BCUT2D eigenvalue weighted by atomic mass is 10.3. The van der Waals surface area contributed by atoms with E-state index in [9.17, 15) is 0 Å². The monoisotopic (exact) mass is 252 g/mol. The van der Waals surface area contributed by atoms with E-state index in [1.807, 2.05) is 17.8 Å². The van der Waals surface area contributed by atoms with Crippen LogP contribution in [0, 0.1) is 0 Å². The molecule has 2 N–H and O–H groups in total. The Balaban J connectivity index is 2.81. The summed E-state index contributed by atoms with van der Waals surface area (Å²) in [6.45, 7) is 6.27. The summed E-state index contributed by atoms with van der Waals surface area (Å²) in [7, 11) is 5.67. The zero-order valence-corrected chi connectivity index (χ0v) is 11.5. The summed E-state index contributed by atoms with van der Waals surface area (Å²) in [4.78, 5) is 0. The molecule has 0 fully saturated rings.